The zero-order valence-electron chi connectivity index (χ0n) is 37.0. The monoisotopic (exact) mass is 912 g/mol. The summed E-state index contributed by atoms with van der Waals surface area (Å²) in [7, 11) is 0. The molecule has 0 aliphatic rings. The van der Waals surface area contributed by atoms with E-state index in [1.54, 1.807) is 12.1 Å². The lowest BCUT2D eigenvalue weighted by Crippen LogP contribution is -1.99. The molecule has 0 aliphatic carbocycles. The normalized spacial score (nSPS) is 11.5. The standard InChI is InChI=1S/C61H33ClN8/c1-64-52-31-40(51-35-50(38-23-25-41(62)26-24-38)66-61(67-51)39-21-19-37(36-63)20-22-39)32-53(65-2)60(52)70-58-29-27-42(68-54-15-7-3-11-44(54)45-12-4-8-16-55(45)68)33-48(58)49-34-43(28-30-59(49)70)69-56-17-9-5-13-46(56)47-14-6-10-18-57(47)69/h3-35H. The third kappa shape index (κ3) is 6.28. The molecule has 0 bridgehead atoms. The Bertz CT molecular complexity index is 4150. The molecule has 13 rings (SSSR count). The first kappa shape index (κ1) is 40.5. The van der Waals surface area contributed by atoms with E-state index in [1.165, 1.54) is 21.5 Å². The van der Waals surface area contributed by atoms with E-state index >= 15 is 0 Å². The Kier molecular flexibility index (Phi) is 9.22. The fourth-order valence-corrected chi connectivity index (χ4v) is 10.4. The van der Waals surface area contributed by atoms with Gasteiger partial charge in [-0.15, -0.1) is 0 Å². The van der Waals surface area contributed by atoms with Gasteiger partial charge in [0.25, 0.3) is 0 Å². The Morgan fingerprint density at radius 3 is 1.27 bits per heavy atom. The number of para-hydroxylation sites is 4. The predicted molar refractivity (Wildman–Crippen MR) is 284 cm³/mol. The summed E-state index contributed by atoms with van der Waals surface area (Å²) >= 11 is 6.30. The fourth-order valence-electron chi connectivity index (χ4n) is 10.3. The van der Waals surface area contributed by atoms with Gasteiger partial charge in [0.05, 0.1) is 75.0 Å². The minimum absolute atomic E-state index is 0.298. The Hall–Kier alpha value is -9.78. The summed E-state index contributed by atoms with van der Waals surface area (Å²) in [6, 6.07) is 69.2. The largest absolute Gasteiger partial charge is 0.329 e. The van der Waals surface area contributed by atoms with Crippen LogP contribution in [-0.2, 0) is 0 Å². The molecule has 70 heavy (non-hydrogen) atoms. The second-order valence-corrected chi connectivity index (χ2v) is 17.7. The highest BCUT2D eigenvalue weighted by atomic mass is 35.5. The van der Waals surface area contributed by atoms with Crippen molar-refractivity contribution in [2.24, 2.45) is 0 Å². The quantitative estimate of drug-likeness (QED) is 0.156. The Balaban J connectivity index is 1.06. The van der Waals surface area contributed by atoms with Gasteiger partial charge in [-0.2, -0.15) is 5.26 Å². The van der Waals surface area contributed by atoms with Gasteiger partial charge in [-0.1, -0.05) is 96.5 Å². The fraction of sp³-hybridized carbons (Fsp3) is 0. The lowest BCUT2D eigenvalue weighted by Gasteiger charge is -2.16. The minimum Gasteiger partial charge on any atom is -0.329 e. The van der Waals surface area contributed by atoms with Crippen molar-refractivity contribution >= 4 is 88.4 Å². The first-order valence-corrected chi connectivity index (χ1v) is 23.0. The maximum Gasteiger partial charge on any atom is 0.200 e. The molecule has 0 unspecified atom stereocenters. The molecule has 0 radical (unpaired) electrons. The van der Waals surface area contributed by atoms with Crippen LogP contribution < -0.4 is 0 Å². The Labute approximate surface area is 406 Å². The minimum atomic E-state index is 0.298. The van der Waals surface area contributed by atoms with Crippen molar-refractivity contribution < 1.29 is 0 Å². The van der Waals surface area contributed by atoms with Gasteiger partial charge in [0.15, 0.2) is 5.82 Å². The first-order chi connectivity index (χ1) is 34.5. The second kappa shape index (κ2) is 15.9. The van der Waals surface area contributed by atoms with Crippen molar-refractivity contribution in [1.82, 2.24) is 23.7 Å². The average molecular weight is 913 g/mol. The lowest BCUT2D eigenvalue weighted by molar-refractivity contribution is 1.16. The summed E-state index contributed by atoms with van der Waals surface area (Å²) in [5, 5.41) is 16.7. The molecule has 0 fully saturated rings. The Morgan fingerprint density at radius 2 is 0.829 bits per heavy atom. The molecule has 8 nitrogen and oxygen atoms in total. The molecule has 0 saturated heterocycles. The van der Waals surface area contributed by atoms with Crippen LogP contribution >= 0.6 is 11.6 Å². The van der Waals surface area contributed by atoms with Gasteiger partial charge in [0, 0.05) is 59.8 Å². The molecule has 0 atom stereocenters. The third-order valence-corrected chi connectivity index (χ3v) is 13.6. The van der Waals surface area contributed by atoms with Crippen LogP contribution in [0.2, 0.25) is 5.02 Å². The maximum atomic E-state index is 9.51. The van der Waals surface area contributed by atoms with Gasteiger partial charge in [-0.05, 0) is 121 Å². The molecule has 0 N–H and O–H groups in total. The molecule has 0 amide bonds. The highest BCUT2D eigenvalue weighted by Gasteiger charge is 2.23. The van der Waals surface area contributed by atoms with Crippen LogP contribution in [0.25, 0.3) is 126 Å². The first-order valence-electron chi connectivity index (χ1n) is 22.6. The summed E-state index contributed by atoms with van der Waals surface area (Å²) in [5.41, 5.74) is 13.0. The van der Waals surface area contributed by atoms with Crippen LogP contribution in [0.4, 0.5) is 11.4 Å². The van der Waals surface area contributed by atoms with Crippen molar-refractivity contribution in [2.75, 3.05) is 0 Å². The van der Waals surface area contributed by atoms with E-state index in [0.717, 1.165) is 60.8 Å². The number of benzene rings is 9. The number of aromatic nitrogens is 5. The predicted octanol–water partition coefficient (Wildman–Crippen LogP) is 16.4. The summed E-state index contributed by atoms with van der Waals surface area (Å²) < 4.78 is 6.72. The molecular formula is C61H33ClN8. The molecule has 324 valence electrons. The van der Waals surface area contributed by atoms with E-state index in [1.807, 2.05) is 54.6 Å². The SMILES string of the molecule is [C-]#[N+]c1cc(-c2cc(-c3ccc(Cl)cc3)nc(-c3ccc(C#N)cc3)n2)cc([N+]#[C-])c1-n1c2ccc(-n3c4ccccc4c4ccccc43)cc2c2cc(-n3c4ccccc4c4ccccc43)ccc21. The molecule has 0 spiro atoms. The van der Waals surface area contributed by atoms with E-state index in [-0.39, 0.29) is 0 Å². The zero-order chi connectivity index (χ0) is 47.0. The van der Waals surface area contributed by atoms with E-state index in [4.69, 9.17) is 34.7 Å². The number of nitriles is 1. The summed E-state index contributed by atoms with van der Waals surface area (Å²) in [6.07, 6.45) is 0. The van der Waals surface area contributed by atoms with E-state index in [2.05, 4.69) is 163 Å². The van der Waals surface area contributed by atoms with Gasteiger partial charge in [0.1, 0.15) is 0 Å². The van der Waals surface area contributed by atoms with Crippen molar-refractivity contribution in [1.29, 1.82) is 5.26 Å². The molecule has 0 saturated carbocycles. The van der Waals surface area contributed by atoms with Crippen LogP contribution in [-0.4, -0.2) is 23.7 Å². The van der Waals surface area contributed by atoms with Gasteiger partial charge < -0.3 is 13.7 Å². The average Bonchev–Trinajstić information content (AvgIpc) is 4.05. The van der Waals surface area contributed by atoms with Crippen molar-refractivity contribution in [2.45, 2.75) is 0 Å². The van der Waals surface area contributed by atoms with Crippen LogP contribution in [0, 0.1) is 24.5 Å². The lowest BCUT2D eigenvalue weighted by atomic mass is 10.0. The molecular weight excluding hydrogens is 880 g/mol. The van der Waals surface area contributed by atoms with E-state index in [9.17, 15) is 5.26 Å². The van der Waals surface area contributed by atoms with Gasteiger partial charge in [0.2, 0.25) is 11.4 Å². The Morgan fingerprint density at radius 1 is 0.414 bits per heavy atom. The maximum absolute atomic E-state index is 9.51. The van der Waals surface area contributed by atoms with Crippen molar-refractivity contribution in [3.05, 3.63) is 234 Å². The summed E-state index contributed by atoms with van der Waals surface area (Å²) in [4.78, 5) is 18.3. The zero-order valence-corrected chi connectivity index (χ0v) is 37.8. The number of nitrogens with zero attached hydrogens (tertiary/aromatic N) is 8. The van der Waals surface area contributed by atoms with Gasteiger partial charge >= 0.3 is 0 Å². The smallest absolute Gasteiger partial charge is 0.200 e. The van der Waals surface area contributed by atoms with Gasteiger partial charge in [-0.3, -0.25) is 0 Å². The number of hydrogen-bond acceptors (Lipinski definition) is 3. The van der Waals surface area contributed by atoms with E-state index < -0.39 is 0 Å². The topological polar surface area (TPSA) is 73.1 Å². The van der Waals surface area contributed by atoms with Crippen molar-refractivity contribution in [3.8, 4) is 57.0 Å². The molecule has 0 aliphatic heterocycles. The summed E-state index contributed by atoms with van der Waals surface area (Å²) in [5.74, 6) is 0.435. The molecule has 4 aromatic heterocycles. The van der Waals surface area contributed by atoms with Gasteiger partial charge in [-0.25, -0.2) is 19.7 Å². The second-order valence-electron chi connectivity index (χ2n) is 17.2. The highest BCUT2D eigenvalue weighted by Crippen LogP contribution is 2.45. The molecule has 4 heterocycles. The van der Waals surface area contributed by atoms with Crippen LogP contribution in [0.5, 0.6) is 0 Å². The number of fused-ring (bicyclic) bond motifs is 9. The highest BCUT2D eigenvalue weighted by molar-refractivity contribution is 6.30. The van der Waals surface area contributed by atoms with E-state index in [0.29, 0.717) is 56.0 Å². The van der Waals surface area contributed by atoms with Crippen LogP contribution in [0.1, 0.15) is 5.56 Å². The van der Waals surface area contributed by atoms with Crippen LogP contribution in [0.3, 0.4) is 0 Å². The molecule has 13 aromatic rings. The summed E-state index contributed by atoms with van der Waals surface area (Å²) in [6.45, 7) is 17.5. The number of halogens is 1. The molecule has 9 aromatic carbocycles. The van der Waals surface area contributed by atoms with Crippen LogP contribution in [0.15, 0.2) is 200 Å². The molecule has 9 heteroatoms. The number of hydrogen-bond donors (Lipinski definition) is 0. The number of rotatable bonds is 6. The third-order valence-electron chi connectivity index (χ3n) is 13.4. The van der Waals surface area contributed by atoms with Crippen molar-refractivity contribution in [3.63, 3.8) is 0 Å².